The molecule has 0 saturated heterocycles. The second-order valence-electron chi connectivity index (χ2n) is 7.72. The Hall–Kier alpha value is -2.62. The number of primary sulfonamides is 1. The van der Waals surface area contributed by atoms with Crippen molar-refractivity contribution < 1.29 is 8.42 Å². The third-order valence-corrected chi connectivity index (χ3v) is 6.37. The molecule has 1 atom stereocenters. The van der Waals surface area contributed by atoms with Gasteiger partial charge in [0.15, 0.2) is 0 Å². The standard InChI is InChI=1S/C22H25N3O2S/c1-14(2)20(19-10-15(3)9-16(4)22(19)28(24,26)27)13-25-12-17(11-23)18-7-5-6-8-21(18)25/h5-10,12,14,20H,13H2,1-4H3,(H2,24,26,27)/t20-/m0/s1. The van der Waals surface area contributed by atoms with Crippen molar-refractivity contribution in [3.05, 3.63) is 64.8 Å². The largest absolute Gasteiger partial charge is 0.345 e. The molecule has 0 unspecified atom stereocenters. The summed E-state index contributed by atoms with van der Waals surface area (Å²) in [6, 6.07) is 13.8. The van der Waals surface area contributed by atoms with Gasteiger partial charge in [0.2, 0.25) is 10.0 Å². The van der Waals surface area contributed by atoms with E-state index in [0.717, 1.165) is 22.0 Å². The van der Waals surface area contributed by atoms with Gasteiger partial charge in [0, 0.05) is 29.6 Å². The highest BCUT2D eigenvalue weighted by Gasteiger charge is 2.27. The summed E-state index contributed by atoms with van der Waals surface area (Å²) in [7, 11) is -3.86. The van der Waals surface area contributed by atoms with Gasteiger partial charge in [-0.1, -0.05) is 49.7 Å². The van der Waals surface area contributed by atoms with Crippen LogP contribution in [0.25, 0.3) is 10.9 Å². The summed E-state index contributed by atoms with van der Waals surface area (Å²) in [6.45, 7) is 8.45. The molecule has 0 aliphatic carbocycles. The minimum absolute atomic E-state index is 0.0747. The lowest BCUT2D eigenvalue weighted by Gasteiger charge is -2.26. The molecular weight excluding hydrogens is 370 g/mol. The van der Waals surface area contributed by atoms with Crippen molar-refractivity contribution in [3.63, 3.8) is 0 Å². The fourth-order valence-corrected chi connectivity index (χ4v) is 5.06. The van der Waals surface area contributed by atoms with Gasteiger partial charge in [-0.3, -0.25) is 0 Å². The molecule has 0 saturated carbocycles. The van der Waals surface area contributed by atoms with Crippen LogP contribution in [0.3, 0.4) is 0 Å². The van der Waals surface area contributed by atoms with Gasteiger partial charge in [0.1, 0.15) is 6.07 Å². The topological polar surface area (TPSA) is 88.9 Å². The molecule has 0 aliphatic rings. The number of sulfonamides is 1. The van der Waals surface area contributed by atoms with E-state index in [1.165, 1.54) is 0 Å². The highest BCUT2D eigenvalue weighted by atomic mass is 32.2. The molecule has 5 nitrogen and oxygen atoms in total. The molecule has 1 heterocycles. The van der Waals surface area contributed by atoms with Gasteiger partial charge in [-0.2, -0.15) is 5.26 Å². The Morgan fingerprint density at radius 1 is 1.18 bits per heavy atom. The predicted molar refractivity (Wildman–Crippen MR) is 112 cm³/mol. The Labute approximate surface area is 166 Å². The predicted octanol–water partition coefficient (Wildman–Crippen LogP) is 4.22. The van der Waals surface area contributed by atoms with Gasteiger partial charge < -0.3 is 4.57 Å². The normalized spacial score (nSPS) is 13.0. The van der Waals surface area contributed by atoms with E-state index in [2.05, 4.69) is 19.9 Å². The highest BCUT2D eigenvalue weighted by molar-refractivity contribution is 7.89. The van der Waals surface area contributed by atoms with Gasteiger partial charge in [-0.25, -0.2) is 13.6 Å². The molecule has 0 spiro atoms. The van der Waals surface area contributed by atoms with E-state index in [9.17, 15) is 13.7 Å². The van der Waals surface area contributed by atoms with Crippen molar-refractivity contribution in [1.29, 1.82) is 5.26 Å². The molecule has 2 N–H and O–H groups in total. The maximum absolute atomic E-state index is 12.4. The van der Waals surface area contributed by atoms with Crippen molar-refractivity contribution >= 4 is 20.9 Å². The molecule has 146 valence electrons. The SMILES string of the molecule is Cc1cc(C)c(S(N)(=O)=O)c([C@@H](Cn2cc(C#N)c3ccccc32)C(C)C)c1. The lowest BCUT2D eigenvalue weighted by atomic mass is 9.86. The zero-order valence-electron chi connectivity index (χ0n) is 16.6. The van der Waals surface area contributed by atoms with Crippen molar-refractivity contribution in [2.45, 2.75) is 45.1 Å². The Morgan fingerprint density at radius 2 is 1.86 bits per heavy atom. The Kier molecular flexibility index (Phi) is 5.33. The Morgan fingerprint density at radius 3 is 2.46 bits per heavy atom. The summed E-state index contributed by atoms with van der Waals surface area (Å²) >= 11 is 0. The third-order valence-electron chi connectivity index (χ3n) is 5.24. The lowest BCUT2D eigenvalue weighted by molar-refractivity contribution is 0.435. The molecule has 0 bridgehead atoms. The molecule has 0 aliphatic heterocycles. The minimum atomic E-state index is -3.86. The summed E-state index contributed by atoms with van der Waals surface area (Å²) in [6.07, 6.45) is 1.85. The van der Waals surface area contributed by atoms with E-state index in [-0.39, 0.29) is 16.7 Å². The highest BCUT2D eigenvalue weighted by Crippen LogP contribution is 2.35. The molecular formula is C22H25N3O2S. The van der Waals surface area contributed by atoms with Crippen molar-refractivity contribution in [1.82, 2.24) is 4.57 Å². The van der Waals surface area contributed by atoms with E-state index in [4.69, 9.17) is 5.14 Å². The molecule has 1 aromatic heterocycles. The van der Waals surface area contributed by atoms with Crippen LogP contribution < -0.4 is 5.14 Å². The number of hydrogen-bond acceptors (Lipinski definition) is 3. The second-order valence-corrected chi connectivity index (χ2v) is 9.22. The van der Waals surface area contributed by atoms with Crippen LogP contribution >= 0.6 is 0 Å². The van der Waals surface area contributed by atoms with Crippen LogP contribution in [0.4, 0.5) is 0 Å². The van der Waals surface area contributed by atoms with Crippen molar-refractivity contribution in [2.24, 2.45) is 11.1 Å². The monoisotopic (exact) mass is 395 g/mol. The molecule has 6 heteroatoms. The first-order valence-corrected chi connectivity index (χ1v) is 10.8. The lowest BCUT2D eigenvalue weighted by Crippen LogP contribution is -2.22. The van der Waals surface area contributed by atoms with Crippen LogP contribution in [0.1, 0.15) is 42.0 Å². The number of para-hydroxylation sites is 1. The molecule has 28 heavy (non-hydrogen) atoms. The van der Waals surface area contributed by atoms with Crippen LogP contribution in [0.2, 0.25) is 0 Å². The zero-order valence-corrected chi connectivity index (χ0v) is 17.4. The maximum Gasteiger partial charge on any atom is 0.238 e. The van der Waals surface area contributed by atoms with Gasteiger partial charge in [0.25, 0.3) is 0 Å². The van der Waals surface area contributed by atoms with Crippen LogP contribution in [-0.4, -0.2) is 13.0 Å². The maximum atomic E-state index is 12.4. The van der Waals surface area contributed by atoms with Crippen LogP contribution in [-0.2, 0) is 16.6 Å². The summed E-state index contributed by atoms with van der Waals surface area (Å²) in [5, 5.41) is 16.0. The van der Waals surface area contributed by atoms with Gasteiger partial charge in [0.05, 0.1) is 10.5 Å². The molecule has 0 fully saturated rings. The average Bonchev–Trinajstić information content (AvgIpc) is 2.95. The molecule has 3 rings (SSSR count). The van der Waals surface area contributed by atoms with E-state index < -0.39 is 10.0 Å². The number of fused-ring (bicyclic) bond motifs is 1. The fraction of sp³-hybridized carbons (Fsp3) is 0.318. The number of rotatable bonds is 5. The Balaban J connectivity index is 2.20. The molecule has 3 aromatic rings. The summed E-state index contributed by atoms with van der Waals surface area (Å²) in [5.41, 5.74) is 3.99. The van der Waals surface area contributed by atoms with Gasteiger partial charge in [-0.15, -0.1) is 0 Å². The van der Waals surface area contributed by atoms with Crippen LogP contribution in [0.15, 0.2) is 47.5 Å². The first-order valence-electron chi connectivity index (χ1n) is 9.25. The number of aromatic nitrogens is 1. The average molecular weight is 396 g/mol. The quantitative estimate of drug-likeness (QED) is 0.701. The van der Waals surface area contributed by atoms with Crippen molar-refractivity contribution in [2.75, 3.05) is 0 Å². The van der Waals surface area contributed by atoms with Crippen LogP contribution in [0.5, 0.6) is 0 Å². The Bertz CT molecular complexity index is 1180. The third kappa shape index (κ3) is 3.68. The first kappa shape index (κ1) is 20.1. The summed E-state index contributed by atoms with van der Waals surface area (Å²) < 4.78 is 26.8. The number of nitrogens with zero attached hydrogens (tertiary/aromatic N) is 2. The van der Waals surface area contributed by atoms with Gasteiger partial charge in [-0.05, 0) is 37.0 Å². The zero-order chi connectivity index (χ0) is 20.6. The molecule has 0 radical (unpaired) electrons. The number of hydrogen-bond donors (Lipinski definition) is 1. The van der Waals surface area contributed by atoms with Gasteiger partial charge >= 0.3 is 0 Å². The number of nitrogens with two attached hydrogens (primary N) is 1. The number of benzene rings is 2. The first-order chi connectivity index (χ1) is 13.1. The second kappa shape index (κ2) is 7.42. The number of aryl methyl sites for hydroxylation is 2. The fourth-order valence-electron chi connectivity index (χ4n) is 4.02. The van der Waals surface area contributed by atoms with E-state index in [1.54, 1.807) is 6.92 Å². The number of nitriles is 1. The smallest absolute Gasteiger partial charge is 0.238 e. The van der Waals surface area contributed by atoms with E-state index in [0.29, 0.717) is 17.7 Å². The minimum Gasteiger partial charge on any atom is -0.345 e. The van der Waals surface area contributed by atoms with E-state index in [1.807, 2.05) is 54.1 Å². The summed E-state index contributed by atoms with van der Waals surface area (Å²) in [5.74, 6) is 0.0997. The van der Waals surface area contributed by atoms with E-state index >= 15 is 0 Å². The summed E-state index contributed by atoms with van der Waals surface area (Å²) in [4.78, 5) is 0.216. The molecule has 2 aromatic carbocycles. The van der Waals surface area contributed by atoms with Crippen molar-refractivity contribution in [3.8, 4) is 6.07 Å². The van der Waals surface area contributed by atoms with Crippen LogP contribution in [0, 0.1) is 31.1 Å². The molecule has 0 amide bonds.